The highest BCUT2D eigenvalue weighted by molar-refractivity contribution is 6.19. The van der Waals surface area contributed by atoms with Gasteiger partial charge in [-0.15, -0.1) is 0 Å². The average molecular weight is 391 g/mol. The van der Waals surface area contributed by atoms with Crippen molar-refractivity contribution in [2.24, 2.45) is 0 Å². The van der Waals surface area contributed by atoms with Crippen molar-refractivity contribution in [3.63, 3.8) is 0 Å². The van der Waals surface area contributed by atoms with Gasteiger partial charge in [-0.25, -0.2) is 14.4 Å². The number of furan rings is 1. The van der Waals surface area contributed by atoms with Gasteiger partial charge in [0.25, 0.3) is 0 Å². The van der Waals surface area contributed by atoms with Crippen molar-refractivity contribution in [3.05, 3.63) is 71.3 Å². The fraction of sp³-hybridized carbons (Fsp3) is 0. The van der Waals surface area contributed by atoms with Crippen molar-refractivity contribution in [2.45, 2.75) is 0 Å². The molecule has 144 valence electrons. The lowest BCUT2D eigenvalue weighted by Crippen LogP contribution is -1.99. The molecule has 1 aromatic heterocycles. The summed E-state index contributed by atoms with van der Waals surface area (Å²) >= 11 is 0. The van der Waals surface area contributed by atoms with E-state index in [9.17, 15) is 24.6 Å². The summed E-state index contributed by atoms with van der Waals surface area (Å²) in [5.41, 5.74) is 1.15. The third kappa shape index (κ3) is 3.02. The second kappa shape index (κ2) is 6.68. The zero-order chi connectivity index (χ0) is 20.7. The van der Waals surface area contributed by atoms with Crippen LogP contribution in [0.15, 0.2) is 59.0 Å². The molecule has 0 bridgehead atoms. The largest absolute Gasteiger partial charge is 0.478 e. The molecule has 0 aliphatic carbocycles. The molecule has 1 heterocycles. The Hall–Kier alpha value is -4.33. The standard InChI is InChI=1S/C21H13NO7/c23-19(24)10-4-6-11(7-5-10)22-15-9-8-14(21(27)28)18-16(15)12-2-1-3-13(20(25)26)17(12)29-18/h1-9,22H,(H,23,24)(H,25,26)(H,27,28). The molecule has 29 heavy (non-hydrogen) atoms. The third-order valence-corrected chi connectivity index (χ3v) is 4.52. The molecular weight excluding hydrogens is 378 g/mol. The Labute approximate surface area is 162 Å². The summed E-state index contributed by atoms with van der Waals surface area (Å²) in [5.74, 6) is -3.44. The molecule has 0 saturated carbocycles. The predicted octanol–water partition coefficient (Wildman–Crippen LogP) is 4.42. The van der Waals surface area contributed by atoms with Crippen LogP contribution in [-0.2, 0) is 0 Å². The van der Waals surface area contributed by atoms with E-state index in [1.54, 1.807) is 30.3 Å². The molecule has 0 saturated heterocycles. The van der Waals surface area contributed by atoms with E-state index in [1.165, 1.54) is 24.3 Å². The lowest BCUT2D eigenvalue weighted by molar-refractivity contribution is 0.0686. The highest BCUT2D eigenvalue weighted by atomic mass is 16.4. The third-order valence-electron chi connectivity index (χ3n) is 4.52. The van der Waals surface area contributed by atoms with Gasteiger partial charge < -0.3 is 25.1 Å². The fourth-order valence-electron chi connectivity index (χ4n) is 3.19. The van der Waals surface area contributed by atoms with Crippen LogP contribution in [0.4, 0.5) is 11.4 Å². The summed E-state index contributed by atoms with van der Waals surface area (Å²) in [6, 6.07) is 13.5. The quantitative estimate of drug-likeness (QED) is 0.392. The minimum atomic E-state index is -1.21. The minimum Gasteiger partial charge on any atom is -0.478 e. The number of hydrogen-bond donors (Lipinski definition) is 4. The maximum Gasteiger partial charge on any atom is 0.339 e. The number of fused-ring (bicyclic) bond motifs is 3. The van der Waals surface area contributed by atoms with Crippen LogP contribution in [-0.4, -0.2) is 33.2 Å². The monoisotopic (exact) mass is 391 g/mol. The van der Waals surface area contributed by atoms with Crippen molar-refractivity contribution in [1.82, 2.24) is 0 Å². The summed E-state index contributed by atoms with van der Waals surface area (Å²) < 4.78 is 5.69. The van der Waals surface area contributed by atoms with E-state index < -0.39 is 17.9 Å². The summed E-state index contributed by atoms with van der Waals surface area (Å²) in [6.45, 7) is 0. The van der Waals surface area contributed by atoms with E-state index in [0.717, 1.165) is 0 Å². The molecule has 0 aliphatic heterocycles. The van der Waals surface area contributed by atoms with Crippen molar-refractivity contribution in [2.75, 3.05) is 5.32 Å². The normalized spacial score (nSPS) is 10.9. The van der Waals surface area contributed by atoms with Crippen molar-refractivity contribution < 1.29 is 34.1 Å². The van der Waals surface area contributed by atoms with E-state index in [-0.39, 0.29) is 27.9 Å². The summed E-state index contributed by atoms with van der Waals surface area (Å²) in [4.78, 5) is 34.2. The highest BCUT2D eigenvalue weighted by Gasteiger charge is 2.22. The number of carboxylic acid groups (broad SMARTS) is 3. The van der Waals surface area contributed by atoms with Crippen LogP contribution in [0.3, 0.4) is 0 Å². The molecule has 0 unspecified atom stereocenters. The van der Waals surface area contributed by atoms with Crippen LogP contribution in [0.2, 0.25) is 0 Å². The maximum absolute atomic E-state index is 11.6. The topological polar surface area (TPSA) is 137 Å². The number of carbonyl (C=O) groups is 3. The first-order chi connectivity index (χ1) is 13.9. The van der Waals surface area contributed by atoms with Crippen molar-refractivity contribution in [1.29, 1.82) is 0 Å². The van der Waals surface area contributed by atoms with Gasteiger partial charge in [-0.2, -0.15) is 0 Å². The van der Waals surface area contributed by atoms with Gasteiger partial charge in [-0.3, -0.25) is 0 Å². The number of carboxylic acids is 3. The van der Waals surface area contributed by atoms with Gasteiger partial charge in [0.1, 0.15) is 16.7 Å². The molecule has 0 radical (unpaired) electrons. The van der Waals surface area contributed by atoms with Gasteiger partial charge in [-0.1, -0.05) is 12.1 Å². The number of anilines is 2. The van der Waals surface area contributed by atoms with Gasteiger partial charge in [0.15, 0.2) is 5.58 Å². The minimum absolute atomic E-state index is 0.0494. The number of para-hydroxylation sites is 1. The van der Waals surface area contributed by atoms with Crippen molar-refractivity contribution in [3.8, 4) is 0 Å². The van der Waals surface area contributed by atoms with Crippen LogP contribution in [0.1, 0.15) is 31.1 Å². The van der Waals surface area contributed by atoms with E-state index in [4.69, 9.17) is 9.52 Å². The van der Waals surface area contributed by atoms with Crippen LogP contribution < -0.4 is 5.32 Å². The summed E-state index contributed by atoms with van der Waals surface area (Å²) in [5, 5.41) is 31.9. The molecular formula is C21H13NO7. The van der Waals surface area contributed by atoms with Gasteiger partial charge in [-0.05, 0) is 42.5 Å². The Bertz CT molecular complexity index is 1300. The van der Waals surface area contributed by atoms with Crippen LogP contribution in [0.25, 0.3) is 21.9 Å². The molecule has 3 aromatic carbocycles. The SMILES string of the molecule is O=C(O)c1ccc(Nc2ccc(C(=O)O)c3oc4c(C(=O)O)cccc4c23)cc1. The smallest absolute Gasteiger partial charge is 0.339 e. The molecule has 4 N–H and O–H groups in total. The Kier molecular flexibility index (Phi) is 4.16. The maximum atomic E-state index is 11.6. The Morgan fingerprint density at radius 3 is 2.00 bits per heavy atom. The van der Waals surface area contributed by atoms with Gasteiger partial charge in [0.05, 0.1) is 16.6 Å². The molecule has 4 aromatic rings. The zero-order valence-corrected chi connectivity index (χ0v) is 14.7. The van der Waals surface area contributed by atoms with E-state index in [2.05, 4.69) is 5.32 Å². The fourth-order valence-corrected chi connectivity index (χ4v) is 3.19. The van der Waals surface area contributed by atoms with Crippen molar-refractivity contribution >= 4 is 51.2 Å². The molecule has 8 heteroatoms. The molecule has 0 aliphatic rings. The van der Waals surface area contributed by atoms with Crippen LogP contribution in [0.5, 0.6) is 0 Å². The van der Waals surface area contributed by atoms with Crippen LogP contribution in [0, 0.1) is 0 Å². The summed E-state index contributed by atoms with van der Waals surface area (Å²) in [7, 11) is 0. The lowest BCUT2D eigenvalue weighted by Gasteiger charge is -2.09. The number of nitrogens with one attached hydrogen (secondary N) is 1. The predicted molar refractivity (Wildman–Crippen MR) is 104 cm³/mol. The molecule has 8 nitrogen and oxygen atoms in total. The Balaban J connectivity index is 1.94. The van der Waals surface area contributed by atoms with Gasteiger partial charge in [0, 0.05) is 11.1 Å². The second-order valence-electron chi connectivity index (χ2n) is 6.27. The average Bonchev–Trinajstić information content (AvgIpc) is 3.08. The molecule has 0 spiro atoms. The van der Waals surface area contributed by atoms with Crippen LogP contribution >= 0.6 is 0 Å². The first-order valence-electron chi connectivity index (χ1n) is 8.42. The summed E-state index contributed by atoms with van der Waals surface area (Å²) in [6.07, 6.45) is 0. The first-order valence-corrected chi connectivity index (χ1v) is 8.42. The molecule has 0 fully saturated rings. The van der Waals surface area contributed by atoms with Gasteiger partial charge in [0.2, 0.25) is 0 Å². The molecule has 0 atom stereocenters. The number of rotatable bonds is 5. The first kappa shape index (κ1) is 18.1. The zero-order valence-electron chi connectivity index (χ0n) is 14.7. The Morgan fingerprint density at radius 2 is 1.38 bits per heavy atom. The van der Waals surface area contributed by atoms with E-state index >= 15 is 0 Å². The molecule has 4 rings (SSSR count). The number of hydrogen-bond acceptors (Lipinski definition) is 5. The highest BCUT2D eigenvalue weighted by Crippen LogP contribution is 2.38. The number of aromatic carboxylic acids is 3. The molecule has 0 amide bonds. The number of benzene rings is 3. The van der Waals surface area contributed by atoms with E-state index in [1.807, 2.05) is 0 Å². The van der Waals surface area contributed by atoms with Gasteiger partial charge >= 0.3 is 17.9 Å². The second-order valence-corrected chi connectivity index (χ2v) is 6.27. The van der Waals surface area contributed by atoms with E-state index in [0.29, 0.717) is 22.1 Å². The lowest BCUT2D eigenvalue weighted by atomic mass is 10.0. The Morgan fingerprint density at radius 1 is 0.724 bits per heavy atom.